The van der Waals surface area contributed by atoms with Crippen LogP contribution >= 0.6 is 0 Å². The van der Waals surface area contributed by atoms with Crippen LogP contribution in [0.3, 0.4) is 0 Å². The van der Waals surface area contributed by atoms with Crippen LogP contribution in [-0.2, 0) is 9.53 Å². The molecule has 1 amide bonds. The first-order valence-electron chi connectivity index (χ1n) is 6.86. The molecule has 2 saturated heterocycles. The molecular weight excluding hydrogens is 232 g/mol. The highest BCUT2D eigenvalue weighted by Crippen LogP contribution is 2.21. The lowest BCUT2D eigenvalue weighted by atomic mass is 9.94. The molecule has 0 radical (unpaired) electrons. The SMILES string of the molecule is CN(CC(=O)N1CCCC1)CC1(O)CCOCC1. The molecule has 2 fully saturated rings. The van der Waals surface area contributed by atoms with E-state index in [4.69, 9.17) is 4.74 Å². The summed E-state index contributed by atoms with van der Waals surface area (Å²) in [6.45, 7) is 3.98. The van der Waals surface area contributed by atoms with E-state index in [2.05, 4.69) is 0 Å². The third-order valence-corrected chi connectivity index (χ3v) is 3.85. The summed E-state index contributed by atoms with van der Waals surface area (Å²) in [6, 6.07) is 0. The van der Waals surface area contributed by atoms with Crippen molar-refractivity contribution in [1.29, 1.82) is 0 Å². The van der Waals surface area contributed by atoms with E-state index in [0.717, 1.165) is 25.9 Å². The number of rotatable bonds is 4. The van der Waals surface area contributed by atoms with E-state index >= 15 is 0 Å². The highest BCUT2D eigenvalue weighted by molar-refractivity contribution is 5.78. The number of likely N-dealkylation sites (tertiary alicyclic amines) is 1. The largest absolute Gasteiger partial charge is 0.388 e. The third-order valence-electron chi connectivity index (χ3n) is 3.85. The molecule has 2 aliphatic rings. The van der Waals surface area contributed by atoms with E-state index in [1.165, 1.54) is 0 Å². The predicted octanol–water partition coefficient (Wildman–Crippen LogP) is 0.0821. The number of amides is 1. The Morgan fingerprint density at radius 3 is 2.56 bits per heavy atom. The second kappa shape index (κ2) is 5.99. The van der Waals surface area contributed by atoms with E-state index in [1.54, 1.807) is 0 Å². The lowest BCUT2D eigenvalue weighted by molar-refractivity contribution is -0.132. The zero-order chi connectivity index (χ0) is 13.0. The Morgan fingerprint density at radius 2 is 1.94 bits per heavy atom. The summed E-state index contributed by atoms with van der Waals surface area (Å²) in [4.78, 5) is 15.8. The minimum atomic E-state index is -0.682. The highest BCUT2D eigenvalue weighted by atomic mass is 16.5. The van der Waals surface area contributed by atoms with Crippen molar-refractivity contribution in [3.05, 3.63) is 0 Å². The second-order valence-electron chi connectivity index (χ2n) is 5.60. The van der Waals surface area contributed by atoms with Crippen LogP contribution in [-0.4, -0.2) is 72.9 Å². The first kappa shape index (κ1) is 13.8. The van der Waals surface area contributed by atoms with Crippen LogP contribution in [0.4, 0.5) is 0 Å². The van der Waals surface area contributed by atoms with Gasteiger partial charge in [-0.25, -0.2) is 0 Å². The molecule has 0 atom stereocenters. The number of hydrogen-bond donors (Lipinski definition) is 1. The fraction of sp³-hybridized carbons (Fsp3) is 0.923. The summed E-state index contributed by atoms with van der Waals surface area (Å²) in [5.41, 5.74) is -0.682. The first-order chi connectivity index (χ1) is 8.59. The van der Waals surface area contributed by atoms with Crippen molar-refractivity contribution < 1.29 is 14.6 Å². The summed E-state index contributed by atoms with van der Waals surface area (Å²) in [6.07, 6.45) is 3.57. The molecule has 2 rings (SSSR count). The predicted molar refractivity (Wildman–Crippen MR) is 68.3 cm³/mol. The molecule has 0 spiro atoms. The van der Waals surface area contributed by atoms with Crippen molar-refractivity contribution in [2.24, 2.45) is 0 Å². The Kier molecular flexibility index (Phi) is 4.59. The second-order valence-corrected chi connectivity index (χ2v) is 5.60. The van der Waals surface area contributed by atoms with Crippen LogP contribution in [0.5, 0.6) is 0 Å². The average Bonchev–Trinajstić information content (AvgIpc) is 2.82. The minimum absolute atomic E-state index is 0.186. The van der Waals surface area contributed by atoms with Gasteiger partial charge in [0, 0.05) is 45.7 Å². The summed E-state index contributed by atoms with van der Waals surface area (Å²) >= 11 is 0. The molecule has 5 heteroatoms. The van der Waals surface area contributed by atoms with Gasteiger partial charge in [-0.05, 0) is 19.9 Å². The van der Waals surface area contributed by atoms with Gasteiger partial charge in [0.15, 0.2) is 0 Å². The molecule has 0 aromatic rings. The van der Waals surface area contributed by atoms with Gasteiger partial charge in [0.2, 0.25) is 5.91 Å². The number of carbonyl (C=O) groups is 1. The van der Waals surface area contributed by atoms with E-state index in [1.807, 2.05) is 16.8 Å². The number of carbonyl (C=O) groups excluding carboxylic acids is 1. The minimum Gasteiger partial charge on any atom is -0.388 e. The standard InChI is InChI=1S/C13H24N2O3/c1-14(10-12(16)15-6-2-3-7-15)11-13(17)4-8-18-9-5-13/h17H,2-11H2,1H3. The number of ether oxygens (including phenoxy) is 1. The Bertz CT molecular complexity index is 284. The summed E-state index contributed by atoms with van der Waals surface area (Å²) in [7, 11) is 1.90. The number of nitrogens with zero attached hydrogens (tertiary/aromatic N) is 2. The van der Waals surface area contributed by atoms with Crippen LogP contribution < -0.4 is 0 Å². The van der Waals surface area contributed by atoms with Crippen molar-refractivity contribution >= 4 is 5.91 Å². The van der Waals surface area contributed by atoms with Gasteiger partial charge in [-0.1, -0.05) is 0 Å². The molecule has 0 aromatic heterocycles. The summed E-state index contributed by atoms with van der Waals surface area (Å²) in [5.74, 6) is 0.186. The van der Waals surface area contributed by atoms with Gasteiger partial charge in [0.25, 0.3) is 0 Å². The van der Waals surface area contributed by atoms with E-state index in [0.29, 0.717) is 39.1 Å². The van der Waals surface area contributed by atoms with Gasteiger partial charge in [-0.3, -0.25) is 9.69 Å². The maximum atomic E-state index is 12.0. The van der Waals surface area contributed by atoms with Crippen molar-refractivity contribution in [3.63, 3.8) is 0 Å². The smallest absolute Gasteiger partial charge is 0.236 e. The molecule has 0 aliphatic carbocycles. The molecule has 1 N–H and O–H groups in total. The molecule has 0 aromatic carbocycles. The molecule has 104 valence electrons. The van der Waals surface area contributed by atoms with Crippen molar-refractivity contribution in [2.45, 2.75) is 31.3 Å². The molecule has 2 heterocycles. The van der Waals surface area contributed by atoms with E-state index in [9.17, 15) is 9.90 Å². The summed E-state index contributed by atoms with van der Waals surface area (Å²) < 4.78 is 5.26. The lowest BCUT2D eigenvalue weighted by Crippen LogP contribution is -2.48. The molecule has 5 nitrogen and oxygen atoms in total. The monoisotopic (exact) mass is 256 g/mol. The van der Waals surface area contributed by atoms with Crippen LogP contribution in [0.2, 0.25) is 0 Å². The summed E-state index contributed by atoms with van der Waals surface area (Å²) in [5, 5.41) is 10.4. The Morgan fingerprint density at radius 1 is 1.33 bits per heavy atom. The Balaban J connectivity index is 1.76. The topological polar surface area (TPSA) is 53.0 Å². The van der Waals surface area contributed by atoms with Gasteiger partial charge in [-0.2, -0.15) is 0 Å². The zero-order valence-corrected chi connectivity index (χ0v) is 11.2. The fourth-order valence-electron chi connectivity index (χ4n) is 2.77. The molecule has 0 bridgehead atoms. The van der Waals surface area contributed by atoms with Crippen LogP contribution in [0.25, 0.3) is 0 Å². The van der Waals surface area contributed by atoms with E-state index < -0.39 is 5.60 Å². The lowest BCUT2D eigenvalue weighted by Gasteiger charge is -2.35. The first-order valence-corrected chi connectivity index (χ1v) is 6.86. The number of aliphatic hydroxyl groups is 1. The third kappa shape index (κ3) is 3.67. The van der Waals surface area contributed by atoms with Gasteiger partial charge >= 0.3 is 0 Å². The van der Waals surface area contributed by atoms with Gasteiger partial charge in [-0.15, -0.1) is 0 Å². The maximum Gasteiger partial charge on any atom is 0.236 e. The van der Waals surface area contributed by atoms with Crippen molar-refractivity contribution in [1.82, 2.24) is 9.80 Å². The van der Waals surface area contributed by atoms with Gasteiger partial charge in [0.05, 0.1) is 12.1 Å². The quantitative estimate of drug-likeness (QED) is 0.774. The van der Waals surface area contributed by atoms with Crippen LogP contribution in [0.15, 0.2) is 0 Å². The molecule has 0 unspecified atom stereocenters. The van der Waals surface area contributed by atoms with E-state index in [-0.39, 0.29) is 5.91 Å². The van der Waals surface area contributed by atoms with Gasteiger partial charge in [0.1, 0.15) is 0 Å². The Labute approximate surface area is 109 Å². The van der Waals surface area contributed by atoms with Crippen molar-refractivity contribution in [3.8, 4) is 0 Å². The van der Waals surface area contributed by atoms with Gasteiger partial charge < -0.3 is 14.7 Å². The number of hydrogen-bond acceptors (Lipinski definition) is 4. The highest BCUT2D eigenvalue weighted by Gasteiger charge is 2.31. The van der Waals surface area contributed by atoms with Crippen LogP contribution in [0, 0.1) is 0 Å². The Hall–Kier alpha value is -0.650. The average molecular weight is 256 g/mol. The molecule has 0 saturated carbocycles. The zero-order valence-electron chi connectivity index (χ0n) is 11.2. The molecular formula is C13H24N2O3. The molecule has 2 aliphatic heterocycles. The number of likely N-dealkylation sites (N-methyl/N-ethyl adjacent to an activating group) is 1. The normalized spacial score (nSPS) is 23.6. The van der Waals surface area contributed by atoms with Crippen molar-refractivity contribution in [2.75, 3.05) is 46.4 Å². The maximum absolute atomic E-state index is 12.0. The van der Waals surface area contributed by atoms with Crippen LogP contribution in [0.1, 0.15) is 25.7 Å². The fourth-order valence-corrected chi connectivity index (χ4v) is 2.77. The molecule has 18 heavy (non-hydrogen) atoms.